The zero-order valence-corrected chi connectivity index (χ0v) is 15.0. The van der Waals surface area contributed by atoms with E-state index in [1.165, 1.54) is 0 Å². The van der Waals surface area contributed by atoms with Crippen LogP contribution in [-0.2, 0) is 11.2 Å². The molecule has 0 saturated carbocycles. The number of aromatic nitrogens is 2. The van der Waals surface area contributed by atoms with E-state index >= 15 is 0 Å². The summed E-state index contributed by atoms with van der Waals surface area (Å²) in [7, 11) is 0. The van der Waals surface area contributed by atoms with Crippen molar-refractivity contribution in [1.29, 1.82) is 0 Å². The highest BCUT2D eigenvalue weighted by Crippen LogP contribution is 2.26. The van der Waals surface area contributed by atoms with Gasteiger partial charge in [-0.3, -0.25) is 4.79 Å². The summed E-state index contributed by atoms with van der Waals surface area (Å²) in [6.07, 6.45) is 1.33. The summed E-state index contributed by atoms with van der Waals surface area (Å²) in [6, 6.07) is 4.84. The van der Waals surface area contributed by atoms with Crippen LogP contribution in [0.2, 0.25) is 10.0 Å². The van der Waals surface area contributed by atoms with Gasteiger partial charge in [-0.05, 0) is 18.6 Å². The van der Waals surface area contributed by atoms with Crippen LogP contribution in [0.3, 0.4) is 0 Å². The molecule has 1 aromatic heterocycles. The molecule has 0 radical (unpaired) electrons. The number of halogens is 2. The average molecular weight is 372 g/mol. The van der Waals surface area contributed by atoms with Crippen molar-refractivity contribution >= 4 is 29.1 Å². The van der Waals surface area contributed by atoms with Crippen molar-refractivity contribution in [3.05, 3.63) is 40.0 Å². The van der Waals surface area contributed by atoms with E-state index in [0.29, 0.717) is 46.9 Å². The van der Waals surface area contributed by atoms with Crippen molar-refractivity contribution in [3.8, 4) is 5.75 Å². The highest BCUT2D eigenvalue weighted by Gasteiger charge is 2.09. The van der Waals surface area contributed by atoms with Gasteiger partial charge in [-0.2, -0.15) is 4.98 Å². The van der Waals surface area contributed by atoms with Gasteiger partial charge in [0, 0.05) is 24.9 Å². The van der Waals surface area contributed by atoms with Gasteiger partial charge in [-0.25, -0.2) is 0 Å². The first-order valence-corrected chi connectivity index (χ1v) is 8.38. The van der Waals surface area contributed by atoms with E-state index in [9.17, 15) is 4.79 Å². The molecule has 1 amide bonds. The summed E-state index contributed by atoms with van der Waals surface area (Å²) in [4.78, 5) is 16.0. The van der Waals surface area contributed by atoms with Gasteiger partial charge < -0.3 is 14.6 Å². The number of hydrogen-bond donors (Lipinski definition) is 1. The van der Waals surface area contributed by atoms with E-state index in [2.05, 4.69) is 15.5 Å². The van der Waals surface area contributed by atoms with Crippen LogP contribution in [0.4, 0.5) is 0 Å². The van der Waals surface area contributed by atoms with Crippen LogP contribution in [0, 0.1) is 0 Å². The zero-order valence-electron chi connectivity index (χ0n) is 13.5. The molecular formula is C16H19Cl2N3O3. The monoisotopic (exact) mass is 371 g/mol. The maximum absolute atomic E-state index is 11.7. The standard InChI is InChI=1S/C16H19Cl2N3O3/c1-10(2)16-20-15(24-21-16)4-3-7-19-14(22)9-23-11-5-6-12(17)13(18)8-11/h5-6,8,10H,3-4,7,9H2,1-2H3,(H,19,22). The molecule has 6 nitrogen and oxygen atoms in total. The fraction of sp³-hybridized carbons (Fsp3) is 0.438. The molecule has 0 saturated heterocycles. The van der Waals surface area contributed by atoms with Gasteiger partial charge in [0.1, 0.15) is 5.75 Å². The minimum atomic E-state index is -0.213. The molecule has 0 atom stereocenters. The Kier molecular flexibility index (Phi) is 6.87. The van der Waals surface area contributed by atoms with Gasteiger partial charge in [0.15, 0.2) is 12.4 Å². The fourth-order valence-corrected chi connectivity index (χ4v) is 2.13. The minimum absolute atomic E-state index is 0.0873. The van der Waals surface area contributed by atoms with Gasteiger partial charge in [0.2, 0.25) is 5.89 Å². The molecular weight excluding hydrogens is 353 g/mol. The number of rotatable bonds is 8. The first kappa shape index (κ1) is 18.5. The van der Waals surface area contributed by atoms with Gasteiger partial charge >= 0.3 is 0 Å². The Bertz CT molecular complexity index is 689. The van der Waals surface area contributed by atoms with Crippen LogP contribution in [0.1, 0.15) is 37.9 Å². The van der Waals surface area contributed by atoms with Crippen molar-refractivity contribution < 1.29 is 14.1 Å². The largest absolute Gasteiger partial charge is 0.484 e. The summed E-state index contributed by atoms with van der Waals surface area (Å²) < 4.78 is 10.5. The maximum Gasteiger partial charge on any atom is 0.257 e. The molecule has 1 N–H and O–H groups in total. The predicted molar refractivity (Wildman–Crippen MR) is 91.7 cm³/mol. The van der Waals surface area contributed by atoms with Crippen LogP contribution >= 0.6 is 23.2 Å². The number of ether oxygens (including phenoxy) is 1. The van der Waals surface area contributed by atoms with E-state index in [1.807, 2.05) is 13.8 Å². The fourth-order valence-electron chi connectivity index (χ4n) is 1.84. The molecule has 8 heteroatoms. The number of nitrogens with zero attached hydrogens (tertiary/aromatic N) is 2. The summed E-state index contributed by atoms with van der Waals surface area (Å²) in [5.74, 6) is 1.80. The molecule has 2 aromatic rings. The summed E-state index contributed by atoms with van der Waals surface area (Å²) in [5, 5.41) is 7.48. The summed E-state index contributed by atoms with van der Waals surface area (Å²) >= 11 is 11.7. The van der Waals surface area contributed by atoms with Crippen molar-refractivity contribution in [2.75, 3.05) is 13.2 Å². The molecule has 130 valence electrons. The molecule has 0 aliphatic rings. The zero-order chi connectivity index (χ0) is 17.5. The third-order valence-corrected chi connectivity index (χ3v) is 3.89. The van der Waals surface area contributed by atoms with Gasteiger partial charge in [0.05, 0.1) is 10.0 Å². The van der Waals surface area contributed by atoms with E-state index in [4.69, 9.17) is 32.5 Å². The van der Waals surface area contributed by atoms with Crippen molar-refractivity contribution in [2.24, 2.45) is 0 Å². The second kappa shape index (κ2) is 8.89. The lowest BCUT2D eigenvalue weighted by Crippen LogP contribution is -2.29. The van der Waals surface area contributed by atoms with Crippen molar-refractivity contribution in [1.82, 2.24) is 15.5 Å². The number of aryl methyl sites for hydroxylation is 1. The first-order valence-electron chi connectivity index (χ1n) is 7.62. The van der Waals surface area contributed by atoms with E-state index in [-0.39, 0.29) is 18.4 Å². The average Bonchev–Trinajstić information content (AvgIpc) is 3.02. The number of carbonyl (C=O) groups is 1. The normalized spacial score (nSPS) is 10.9. The van der Waals surface area contributed by atoms with Gasteiger partial charge in [0.25, 0.3) is 5.91 Å². The molecule has 0 fully saturated rings. The lowest BCUT2D eigenvalue weighted by molar-refractivity contribution is -0.123. The second-order valence-corrected chi connectivity index (χ2v) is 6.33. The third-order valence-electron chi connectivity index (χ3n) is 3.15. The van der Waals surface area contributed by atoms with Crippen LogP contribution in [0.15, 0.2) is 22.7 Å². The van der Waals surface area contributed by atoms with Crippen molar-refractivity contribution in [3.63, 3.8) is 0 Å². The predicted octanol–water partition coefficient (Wildman–Crippen LogP) is 3.63. The Morgan fingerprint density at radius 2 is 2.12 bits per heavy atom. The molecule has 1 aromatic carbocycles. The molecule has 0 aliphatic carbocycles. The Labute approximate surface area is 150 Å². The van der Waals surface area contributed by atoms with Gasteiger partial charge in [-0.1, -0.05) is 42.2 Å². The van der Waals surface area contributed by atoms with Crippen LogP contribution in [0.5, 0.6) is 5.75 Å². The number of benzene rings is 1. The number of carbonyl (C=O) groups excluding carboxylic acids is 1. The molecule has 0 spiro atoms. The van der Waals surface area contributed by atoms with E-state index in [0.717, 1.165) is 0 Å². The molecule has 24 heavy (non-hydrogen) atoms. The quantitative estimate of drug-likeness (QED) is 0.716. The Morgan fingerprint density at radius 3 is 2.79 bits per heavy atom. The highest BCUT2D eigenvalue weighted by molar-refractivity contribution is 6.42. The van der Waals surface area contributed by atoms with Crippen molar-refractivity contribution in [2.45, 2.75) is 32.6 Å². The number of amides is 1. The lowest BCUT2D eigenvalue weighted by Gasteiger charge is -2.07. The second-order valence-electron chi connectivity index (χ2n) is 5.52. The van der Waals surface area contributed by atoms with Crippen LogP contribution in [-0.4, -0.2) is 29.2 Å². The first-order chi connectivity index (χ1) is 11.5. The molecule has 1 heterocycles. The van der Waals surface area contributed by atoms with Crippen LogP contribution in [0.25, 0.3) is 0 Å². The molecule has 0 unspecified atom stereocenters. The Hall–Kier alpha value is -1.79. The lowest BCUT2D eigenvalue weighted by atomic mass is 10.2. The molecule has 0 aliphatic heterocycles. The Balaban J connectivity index is 1.65. The molecule has 0 bridgehead atoms. The SMILES string of the molecule is CC(C)c1noc(CCCNC(=O)COc2ccc(Cl)c(Cl)c2)n1. The van der Waals surface area contributed by atoms with E-state index in [1.54, 1.807) is 18.2 Å². The summed E-state index contributed by atoms with van der Waals surface area (Å²) in [6.45, 7) is 4.42. The number of hydrogen-bond acceptors (Lipinski definition) is 5. The van der Waals surface area contributed by atoms with E-state index < -0.39 is 0 Å². The Morgan fingerprint density at radius 1 is 1.33 bits per heavy atom. The van der Waals surface area contributed by atoms with Gasteiger partial charge in [-0.15, -0.1) is 0 Å². The third kappa shape index (κ3) is 5.69. The maximum atomic E-state index is 11.7. The molecule has 2 rings (SSSR count). The topological polar surface area (TPSA) is 77.2 Å². The summed E-state index contributed by atoms with van der Waals surface area (Å²) in [5.41, 5.74) is 0. The minimum Gasteiger partial charge on any atom is -0.484 e. The highest BCUT2D eigenvalue weighted by atomic mass is 35.5. The number of nitrogens with one attached hydrogen (secondary N) is 1. The smallest absolute Gasteiger partial charge is 0.257 e. The van der Waals surface area contributed by atoms with Crippen LogP contribution < -0.4 is 10.1 Å².